The minimum Gasteiger partial charge on any atom is -0.397 e. The van der Waals surface area contributed by atoms with Gasteiger partial charge in [-0.25, -0.2) is 4.98 Å². The molecule has 0 unspecified atom stereocenters. The van der Waals surface area contributed by atoms with Crippen molar-refractivity contribution in [3.05, 3.63) is 22.2 Å². The lowest BCUT2D eigenvalue weighted by molar-refractivity contribution is 0.112. The fourth-order valence-electron chi connectivity index (χ4n) is 1.57. The third-order valence-electron chi connectivity index (χ3n) is 2.16. The number of fused-ring (bicyclic) bond motifs is 1. The zero-order valence-corrected chi connectivity index (χ0v) is 8.81. The van der Waals surface area contributed by atoms with E-state index in [1.807, 2.05) is 19.9 Å². The van der Waals surface area contributed by atoms with Gasteiger partial charge in [0, 0.05) is 11.1 Å². The number of aryl methyl sites for hydroxylation is 2. The normalized spacial score (nSPS) is 10.7. The number of thiophene rings is 1. The van der Waals surface area contributed by atoms with Gasteiger partial charge in [-0.3, -0.25) is 4.79 Å². The van der Waals surface area contributed by atoms with Crippen LogP contribution in [0.25, 0.3) is 10.2 Å². The molecule has 0 aromatic carbocycles. The summed E-state index contributed by atoms with van der Waals surface area (Å²) in [6.45, 7) is 3.91. The summed E-state index contributed by atoms with van der Waals surface area (Å²) in [6.07, 6.45) is 0.788. The smallest absolute Gasteiger partial charge is 0.162 e. The largest absolute Gasteiger partial charge is 0.397 e. The maximum Gasteiger partial charge on any atom is 0.162 e. The van der Waals surface area contributed by atoms with Gasteiger partial charge in [0.25, 0.3) is 0 Å². The molecule has 0 spiro atoms. The summed E-state index contributed by atoms with van der Waals surface area (Å²) in [4.78, 5) is 16.5. The number of aromatic nitrogens is 1. The molecule has 4 heteroatoms. The summed E-state index contributed by atoms with van der Waals surface area (Å²) in [5.74, 6) is 0. The van der Waals surface area contributed by atoms with Crippen LogP contribution in [0.1, 0.15) is 20.9 Å². The SMILES string of the molecule is Cc1cc(C)c2c(N)c(C=O)sc2n1. The fraction of sp³-hybridized carbons (Fsp3) is 0.200. The van der Waals surface area contributed by atoms with Crippen molar-refractivity contribution in [3.63, 3.8) is 0 Å². The van der Waals surface area contributed by atoms with E-state index in [1.54, 1.807) is 0 Å². The number of aldehydes is 1. The Morgan fingerprint density at radius 3 is 2.86 bits per heavy atom. The summed E-state index contributed by atoms with van der Waals surface area (Å²) >= 11 is 1.35. The second-order valence-electron chi connectivity index (χ2n) is 3.26. The predicted octanol–water partition coefficient (Wildman–Crippen LogP) is 2.31. The molecule has 0 aliphatic carbocycles. The van der Waals surface area contributed by atoms with Crippen LogP contribution in [0.2, 0.25) is 0 Å². The molecule has 0 aliphatic rings. The highest BCUT2D eigenvalue weighted by molar-refractivity contribution is 7.20. The van der Waals surface area contributed by atoms with Crippen molar-refractivity contribution in [1.29, 1.82) is 0 Å². The molecule has 0 fully saturated rings. The molecule has 0 radical (unpaired) electrons. The molecule has 0 aliphatic heterocycles. The average Bonchev–Trinajstić information content (AvgIpc) is 2.42. The van der Waals surface area contributed by atoms with Gasteiger partial charge < -0.3 is 5.73 Å². The van der Waals surface area contributed by atoms with Crippen LogP contribution in [-0.2, 0) is 0 Å². The third-order valence-corrected chi connectivity index (χ3v) is 3.18. The number of hydrogen-bond donors (Lipinski definition) is 1. The number of pyridine rings is 1. The van der Waals surface area contributed by atoms with Crippen LogP contribution in [0.5, 0.6) is 0 Å². The molecular weight excluding hydrogens is 196 g/mol. The quantitative estimate of drug-likeness (QED) is 0.728. The van der Waals surface area contributed by atoms with E-state index in [-0.39, 0.29) is 0 Å². The summed E-state index contributed by atoms with van der Waals surface area (Å²) in [5, 5.41) is 0.919. The molecule has 3 nitrogen and oxygen atoms in total. The van der Waals surface area contributed by atoms with Crippen LogP contribution in [0.3, 0.4) is 0 Å². The molecule has 14 heavy (non-hydrogen) atoms. The van der Waals surface area contributed by atoms with Crippen LogP contribution in [0.4, 0.5) is 5.69 Å². The van der Waals surface area contributed by atoms with Crippen LogP contribution in [0.15, 0.2) is 6.07 Å². The first-order valence-corrected chi connectivity index (χ1v) is 5.06. The van der Waals surface area contributed by atoms with Crippen molar-refractivity contribution < 1.29 is 4.79 Å². The molecule has 2 aromatic rings. The minimum atomic E-state index is 0.560. The Labute approximate surface area is 85.6 Å². The van der Waals surface area contributed by atoms with Gasteiger partial charge in [0.1, 0.15) is 4.83 Å². The maximum atomic E-state index is 10.7. The van der Waals surface area contributed by atoms with E-state index in [0.29, 0.717) is 10.6 Å². The molecule has 2 N–H and O–H groups in total. The van der Waals surface area contributed by atoms with Gasteiger partial charge in [0.15, 0.2) is 6.29 Å². The Morgan fingerprint density at radius 2 is 2.21 bits per heavy atom. The number of nitrogens with two attached hydrogens (primary N) is 1. The van der Waals surface area contributed by atoms with Gasteiger partial charge in [0.2, 0.25) is 0 Å². The molecular formula is C10H10N2OS. The number of rotatable bonds is 1. The van der Waals surface area contributed by atoms with E-state index >= 15 is 0 Å². The first-order chi connectivity index (χ1) is 6.63. The molecule has 0 bridgehead atoms. The third kappa shape index (κ3) is 1.19. The van der Waals surface area contributed by atoms with Gasteiger partial charge in [-0.1, -0.05) is 0 Å². The number of nitrogen functional groups attached to an aromatic ring is 1. The van der Waals surface area contributed by atoms with Crippen LogP contribution >= 0.6 is 11.3 Å². The van der Waals surface area contributed by atoms with Crippen LogP contribution in [0, 0.1) is 13.8 Å². The average molecular weight is 206 g/mol. The van der Waals surface area contributed by atoms with E-state index in [4.69, 9.17) is 5.73 Å². The first-order valence-electron chi connectivity index (χ1n) is 4.25. The summed E-state index contributed by atoms with van der Waals surface area (Å²) in [7, 11) is 0. The number of anilines is 1. The highest BCUT2D eigenvalue weighted by Gasteiger charge is 2.11. The van der Waals surface area contributed by atoms with Gasteiger partial charge in [0.05, 0.1) is 10.6 Å². The van der Waals surface area contributed by atoms with Crippen molar-refractivity contribution in [2.75, 3.05) is 5.73 Å². The Balaban J connectivity index is 2.92. The molecule has 0 atom stereocenters. The first kappa shape index (κ1) is 9.15. The van der Waals surface area contributed by atoms with E-state index in [9.17, 15) is 4.79 Å². The zero-order chi connectivity index (χ0) is 10.3. The summed E-state index contributed by atoms with van der Waals surface area (Å²) in [5.41, 5.74) is 8.43. The van der Waals surface area contributed by atoms with Gasteiger partial charge >= 0.3 is 0 Å². The molecule has 2 rings (SSSR count). The lowest BCUT2D eigenvalue weighted by atomic mass is 10.1. The predicted molar refractivity (Wildman–Crippen MR) is 58.9 cm³/mol. The molecule has 0 saturated carbocycles. The highest BCUT2D eigenvalue weighted by Crippen LogP contribution is 2.33. The van der Waals surface area contributed by atoms with Crippen molar-refractivity contribution in [1.82, 2.24) is 4.98 Å². The Hall–Kier alpha value is -1.42. The van der Waals surface area contributed by atoms with Crippen LogP contribution in [-0.4, -0.2) is 11.3 Å². The topological polar surface area (TPSA) is 56.0 Å². The Morgan fingerprint density at radius 1 is 1.50 bits per heavy atom. The highest BCUT2D eigenvalue weighted by atomic mass is 32.1. The maximum absolute atomic E-state index is 10.7. The standard InChI is InChI=1S/C10H10N2OS/c1-5-3-6(2)12-10-8(5)9(11)7(4-13)14-10/h3-4H,11H2,1-2H3. The molecule has 2 aromatic heterocycles. The second-order valence-corrected chi connectivity index (χ2v) is 4.29. The number of carbonyl (C=O) groups excluding carboxylic acids is 1. The van der Waals surface area contributed by atoms with E-state index in [2.05, 4.69) is 4.98 Å². The van der Waals surface area contributed by atoms with E-state index in [1.165, 1.54) is 11.3 Å². The lowest BCUT2D eigenvalue weighted by Gasteiger charge is -1.98. The summed E-state index contributed by atoms with van der Waals surface area (Å²) in [6, 6.07) is 1.97. The second kappa shape index (κ2) is 3.06. The van der Waals surface area contributed by atoms with Gasteiger partial charge in [-0.15, -0.1) is 11.3 Å². The summed E-state index contributed by atoms with van der Waals surface area (Å²) < 4.78 is 0. The zero-order valence-electron chi connectivity index (χ0n) is 8.00. The van der Waals surface area contributed by atoms with Crippen molar-refractivity contribution in [2.45, 2.75) is 13.8 Å². The molecule has 0 saturated heterocycles. The number of nitrogens with zero attached hydrogens (tertiary/aromatic N) is 1. The monoisotopic (exact) mass is 206 g/mol. The molecule has 2 heterocycles. The van der Waals surface area contributed by atoms with Crippen LogP contribution < -0.4 is 5.73 Å². The van der Waals surface area contributed by atoms with Crippen molar-refractivity contribution >= 4 is 33.5 Å². The van der Waals surface area contributed by atoms with E-state index < -0.39 is 0 Å². The lowest BCUT2D eigenvalue weighted by Crippen LogP contribution is -1.89. The number of hydrogen-bond acceptors (Lipinski definition) is 4. The Bertz CT molecular complexity index is 516. The minimum absolute atomic E-state index is 0.560. The van der Waals surface area contributed by atoms with E-state index in [0.717, 1.165) is 27.8 Å². The van der Waals surface area contributed by atoms with Crippen molar-refractivity contribution in [3.8, 4) is 0 Å². The van der Waals surface area contributed by atoms with Crippen molar-refractivity contribution in [2.24, 2.45) is 0 Å². The van der Waals surface area contributed by atoms with Gasteiger partial charge in [-0.2, -0.15) is 0 Å². The Kier molecular flexibility index (Phi) is 2.00. The van der Waals surface area contributed by atoms with Gasteiger partial charge in [-0.05, 0) is 25.5 Å². The number of carbonyl (C=O) groups is 1. The molecule has 72 valence electrons. The fourth-order valence-corrected chi connectivity index (χ4v) is 2.60. The molecule has 0 amide bonds.